The van der Waals surface area contributed by atoms with Crippen LogP contribution in [-0.2, 0) is 31.4 Å². The number of aromatic nitrogens is 5. The first-order valence-electron chi connectivity index (χ1n) is 13.5. The summed E-state index contributed by atoms with van der Waals surface area (Å²) < 4.78 is 13.7. The van der Waals surface area contributed by atoms with Crippen molar-refractivity contribution in [1.29, 1.82) is 0 Å². The fourth-order valence-corrected chi connectivity index (χ4v) is 6.44. The van der Waals surface area contributed by atoms with Gasteiger partial charge in [-0.05, 0) is 40.4 Å². The first-order chi connectivity index (χ1) is 18.9. The molecule has 5 heterocycles. The third kappa shape index (κ3) is 4.77. The lowest BCUT2D eigenvalue weighted by Crippen LogP contribution is -2.45. The van der Waals surface area contributed by atoms with E-state index in [0.717, 1.165) is 30.0 Å². The van der Waals surface area contributed by atoms with Crippen molar-refractivity contribution < 1.29 is 4.74 Å². The number of morpholine rings is 1. The van der Waals surface area contributed by atoms with Crippen molar-refractivity contribution in [3.8, 4) is 11.4 Å². The Labute approximate surface area is 230 Å². The summed E-state index contributed by atoms with van der Waals surface area (Å²) in [5, 5.41) is 8.83. The molecule has 6 rings (SSSR count). The lowest BCUT2D eigenvalue weighted by atomic mass is 10.1. The molecule has 9 nitrogen and oxygen atoms in total. The second-order valence-electron chi connectivity index (χ2n) is 10.7. The number of hydrogen-bond donors (Lipinski definition) is 0. The van der Waals surface area contributed by atoms with Crippen LogP contribution in [0.15, 0.2) is 57.6 Å². The lowest BCUT2D eigenvalue weighted by molar-refractivity contribution is 0.0361. The number of thiophene rings is 1. The van der Waals surface area contributed by atoms with Crippen LogP contribution in [0.4, 0.5) is 0 Å². The molecule has 0 amide bonds. The third-order valence-electron chi connectivity index (χ3n) is 7.47. The highest BCUT2D eigenvalue weighted by atomic mass is 32.1. The molecule has 0 N–H and O–H groups in total. The largest absolute Gasteiger partial charge is 0.379 e. The van der Waals surface area contributed by atoms with E-state index in [9.17, 15) is 9.59 Å². The Bertz CT molecular complexity index is 1750. The van der Waals surface area contributed by atoms with Crippen LogP contribution in [0, 0.1) is 5.92 Å². The van der Waals surface area contributed by atoms with E-state index in [-0.39, 0.29) is 17.2 Å². The smallest absolute Gasteiger partial charge is 0.332 e. The van der Waals surface area contributed by atoms with Gasteiger partial charge in [-0.25, -0.2) is 4.79 Å². The molecule has 1 aliphatic heterocycles. The monoisotopic (exact) mass is 546 g/mol. The Balaban J connectivity index is 1.56. The molecule has 1 fully saturated rings. The summed E-state index contributed by atoms with van der Waals surface area (Å²) in [5.41, 5.74) is 2.67. The average molecular weight is 547 g/mol. The zero-order valence-corrected chi connectivity index (χ0v) is 23.5. The van der Waals surface area contributed by atoms with Gasteiger partial charge in [-0.2, -0.15) is 5.10 Å². The van der Waals surface area contributed by atoms with Gasteiger partial charge in [-0.1, -0.05) is 32.0 Å². The number of ether oxygens (including phenoxy) is 1. The maximum absolute atomic E-state index is 14.2. The molecular formula is C29H34N6O3S. The minimum absolute atomic E-state index is 0.209. The van der Waals surface area contributed by atoms with Crippen LogP contribution in [0.25, 0.3) is 32.5 Å². The highest BCUT2D eigenvalue weighted by Gasteiger charge is 2.25. The lowest BCUT2D eigenvalue weighted by Gasteiger charge is -2.26. The van der Waals surface area contributed by atoms with Gasteiger partial charge in [0.25, 0.3) is 5.56 Å². The molecule has 0 bridgehead atoms. The first kappa shape index (κ1) is 25.8. The zero-order valence-electron chi connectivity index (χ0n) is 22.7. The molecule has 0 aliphatic carbocycles. The Morgan fingerprint density at radius 3 is 2.56 bits per heavy atom. The SMILES string of the molecule is CC(C)Cn1c(=O)n(CCN2CCOCC2)c(=O)c2c(-c3cccn3C)n(Cc3csc4ccccc34)nc21. The summed E-state index contributed by atoms with van der Waals surface area (Å²) in [5.74, 6) is 0.209. The van der Waals surface area contributed by atoms with Gasteiger partial charge in [0, 0.05) is 50.7 Å². The van der Waals surface area contributed by atoms with Gasteiger partial charge < -0.3 is 9.30 Å². The normalized spacial score (nSPS) is 14.8. The average Bonchev–Trinajstić information content (AvgIpc) is 3.64. The first-order valence-corrected chi connectivity index (χ1v) is 14.4. The second-order valence-corrected chi connectivity index (χ2v) is 11.6. The number of fused-ring (bicyclic) bond motifs is 2. The standard InChI is InChI=1S/C29H34N6O3S/c1-20(2)17-34-27-25(28(36)33(29(34)37)12-11-32-13-15-38-16-14-32)26(23-8-6-10-31(23)3)35(30-27)18-21-19-39-24-9-5-4-7-22(21)24/h4-10,19-20H,11-18H2,1-3H3. The quantitative estimate of drug-likeness (QED) is 0.297. The van der Waals surface area contributed by atoms with E-state index in [4.69, 9.17) is 9.84 Å². The third-order valence-corrected chi connectivity index (χ3v) is 8.48. The number of rotatable bonds is 8. The Morgan fingerprint density at radius 2 is 1.82 bits per heavy atom. The molecule has 5 aromatic rings. The van der Waals surface area contributed by atoms with E-state index in [1.807, 2.05) is 46.8 Å². The summed E-state index contributed by atoms with van der Waals surface area (Å²) in [6.45, 7) is 9.05. The topological polar surface area (TPSA) is 79.2 Å². The predicted molar refractivity (Wildman–Crippen MR) is 156 cm³/mol. The molecule has 1 saturated heterocycles. The fraction of sp³-hybridized carbons (Fsp3) is 0.414. The molecule has 39 heavy (non-hydrogen) atoms. The molecule has 0 radical (unpaired) electrons. The molecule has 4 aromatic heterocycles. The molecular weight excluding hydrogens is 512 g/mol. The van der Waals surface area contributed by atoms with E-state index < -0.39 is 0 Å². The van der Waals surface area contributed by atoms with Crippen molar-refractivity contribution >= 4 is 32.5 Å². The predicted octanol–water partition coefficient (Wildman–Crippen LogP) is 3.62. The van der Waals surface area contributed by atoms with Gasteiger partial charge in [-0.3, -0.25) is 23.5 Å². The number of nitrogens with zero attached hydrogens (tertiary/aromatic N) is 6. The Hall–Kier alpha value is -3.47. The van der Waals surface area contributed by atoms with Crippen LogP contribution in [0.3, 0.4) is 0 Å². The Morgan fingerprint density at radius 1 is 1.03 bits per heavy atom. The molecule has 0 spiro atoms. The maximum Gasteiger partial charge on any atom is 0.332 e. The summed E-state index contributed by atoms with van der Waals surface area (Å²) in [6.07, 6.45) is 1.97. The van der Waals surface area contributed by atoms with Crippen LogP contribution < -0.4 is 11.2 Å². The minimum Gasteiger partial charge on any atom is -0.379 e. The summed E-state index contributed by atoms with van der Waals surface area (Å²) in [6, 6.07) is 12.3. The van der Waals surface area contributed by atoms with Crippen molar-refractivity contribution in [3.05, 3.63) is 74.4 Å². The van der Waals surface area contributed by atoms with Crippen LogP contribution >= 0.6 is 11.3 Å². The van der Waals surface area contributed by atoms with Crippen LogP contribution in [0.2, 0.25) is 0 Å². The van der Waals surface area contributed by atoms with Crippen molar-refractivity contribution in [3.63, 3.8) is 0 Å². The van der Waals surface area contributed by atoms with Gasteiger partial charge in [-0.15, -0.1) is 11.3 Å². The summed E-state index contributed by atoms with van der Waals surface area (Å²) in [7, 11) is 1.97. The van der Waals surface area contributed by atoms with Crippen LogP contribution in [0.1, 0.15) is 19.4 Å². The molecule has 10 heteroatoms. The second kappa shape index (κ2) is 10.6. The van der Waals surface area contributed by atoms with Gasteiger partial charge >= 0.3 is 5.69 Å². The van der Waals surface area contributed by atoms with Gasteiger partial charge in [0.2, 0.25) is 0 Å². The molecule has 204 valence electrons. The van der Waals surface area contributed by atoms with E-state index in [1.165, 1.54) is 14.7 Å². The highest BCUT2D eigenvalue weighted by molar-refractivity contribution is 7.17. The van der Waals surface area contributed by atoms with E-state index in [1.54, 1.807) is 15.9 Å². The molecule has 0 saturated carbocycles. The van der Waals surface area contributed by atoms with Crippen molar-refractivity contribution in [2.45, 2.75) is 33.5 Å². The number of benzene rings is 1. The van der Waals surface area contributed by atoms with Crippen molar-refractivity contribution in [1.82, 2.24) is 28.4 Å². The van der Waals surface area contributed by atoms with Crippen LogP contribution in [0.5, 0.6) is 0 Å². The molecule has 0 unspecified atom stereocenters. The van der Waals surface area contributed by atoms with E-state index >= 15 is 0 Å². The zero-order chi connectivity index (χ0) is 27.1. The maximum atomic E-state index is 14.2. The van der Waals surface area contributed by atoms with E-state index in [2.05, 4.69) is 36.3 Å². The molecule has 1 aliphatic rings. The van der Waals surface area contributed by atoms with Crippen molar-refractivity contribution in [2.75, 3.05) is 32.8 Å². The molecule has 0 atom stereocenters. The van der Waals surface area contributed by atoms with Gasteiger partial charge in [0.15, 0.2) is 5.65 Å². The summed E-state index contributed by atoms with van der Waals surface area (Å²) >= 11 is 1.71. The minimum atomic E-state index is -0.293. The van der Waals surface area contributed by atoms with Crippen LogP contribution in [-0.4, -0.2) is 61.2 Å². The molecule has 1 aromatic carbocycles. The van der Waals surface area contributed by atoms with Gasteiger partial charge in [0.1, 0.15) is 11.1 Å². The summed E-state index contributed by atoms with van der Waals surface area (Å²) in [4.78, 5) is 30.2. The van der Waals surface area contributed by atoms with Crippen molar-refractivity contribution in [2.24, 2.45) is 13.0 Å². The van der Waals surface area contributed by atoms with E-state index in [0.29, 0.717) is 50.4 Å². The highest BCUT2D eigenvalue weighted by Crippen LogP contribution is 2.31. The fourth-order valence-electron chi connectivity index (χ4n) is 5.48. The van der Waals surface area contributed by atoms with Gasteiger partial charge in [0.05, 0.1) is 25.5 Å². The Kier molecular flexibility index (Phi) is 7.01. The number of aryl methyl sites for hydroxylation is 1. The number of hydrogen-bond acceptors (Lipinski definition) is 6.